The number of ether oxygens (including phenoxy) is 1. The van der Waals surface area contributed by atoms with E-state index in [2.05, 4.69) is 24.8 Å². The molecule has 0 saturated carbocycles. The number of amides is 1. The highest BCUT2D eigenvalue weighted by Gasteiger charge is 2.22. The first kappa shape index (κ1) is 28.9. The minimum Gasteiger partial charge on any atom is -0.481 e. The van der Waals surface area contributed by atoms with Crippen LogP contribution in [0, 0.1) is 13.8 Å². The molecule has 7 nitrogen and oxygen atoms in total. The molecule has 0 aliphatic carbocycles. The number of fused-ring (bicyclic) bond motifs is 2. The normalized spacial score (nSPS) is 9.54. The van der Waals surface area contributed by atoms with E-state index in [-0.39, 0.29) is 12.2 Å². The van der Waals surface area contributed by atoms with Crippen LogP contribution in [0.25, 0.3) is 21.7 Å². The number of aromatic nitrogens is 1. The minimum atomic E-state index is -1.05. The van der Waals surface area contributed by atoms with Gasteiger partial charge in [0, 0.05) is 23.7 Å². The highest BCUT2D eigenvalue weighted by atomic mass is 16.5. The molecular weight excluding hydrogens is 444 g/mol. The molecule has 7 heteroatoms. The lowest BCUT2D eigenvalue weighted by Gasteiger charge is -2.11. The molecule has 3 N–H and O–H groups in total. The SMILES string of the molecule is CC.CC(=O)c1c(C)n(C)c2cc3ccccc3c(OCC(=O)O)c12.Cc1ccccc1.NC=O. The van der Waals surface area contributed by atoms with E-state index >= 15 is 0 Å². The van der Waals surface area contributed by atoms with E-state index < -0.39 is 12.6 Å². The molecular formula is C28H34N2O5. The van der Waals surface area contributed by atoms with Crippen LogP contribution >= 0.6 is 0 Å². The largest absolute Gasteiger partial charge is 0.481 e. The molecule has 0 bridgehead atoms. The summed E-state index contributed by atoms with van der Waals surface area (Å²) in [6.07, 6.45) is 0.250. The van der Waals surface area contributed by atoms with Gasteiger partial charge in [-0.1, -0.05) is 74.0 Å². The predicted molar refractivity (Wildman–Crippen MR) is 141 cm³/mol. The van der Waals surface area contributed by atoms with Crippen molar-refractivity contribution in [2.24, 2.45) is 12.8 Å². The molecule has 0 radical (unpaired) electrons. The summed E-state index contributed by atoms with van der Waals surface area (Å²) in [6, 6.07) is 19.9. The molecule has 186 valence electrons. The summed E-state index contributed by atoms with van der Waals surface area (Å²) in [4.78, 5) is 31.7. The average molecular weight is 479 g/mol. The molecule has 3 aromatic carbocycles. The number of carboxylic acid groups (broad SMARTS) is 1. The van der Waals surface area contributed by atoms with Crippen LogP contribution in [-0.4, -0.2) is 34.4 Å². The van der Waals surface area contributed by atoms with Crippen LogP contribution in [0.3, 0.4) is 0 Å². The summed E-state index contributed by atoms with van der Waals surface area (Å²) in [7, 11) is 1.89. The van der Waals surface area contributed by atoms with Crippen LogP contribution in [0.15, 0.2) is 60.7 Å². The summed E-state index contributed by atoms with van der Waals surface area (Å²) < 4.78 is 7.52. The number of aliphatic carboxylic acids is 1. The zero-order valence-corrected chi connectivity index (χ0v) is 21.2. The summed E-state index contributed by atoms with van der Waals surface area (Å²) in [5, 5.41) is 11.4. The highest BCUT2D eigenvalue weighted by molar-refractivity contribution is 6.15. The van der Waals surface area contributed by atoms with Gasteiger partial charge in [-0.25, -0.2) is 4.79 Å². The number of benzene rings is 3. The molecule has 0 aliphatic heterocycles. The van der Waals surface area contributed by atoms with Gasteiger partial charge < -0.3 is 20.1 Å². The Morgan fingerprint density at radius 3 is 2.06 bits per heavy atom. The van der Waals surface area contributed by atoms with Crippen molar-refractivity contribution in [2.45, 2.75) is 34.6 Å². The molecule has 0 fully saturated rings. The van der Waals surface area contributed by atoms with Gasteiger partial charge in [-0.2, -0.15) is 0 Å². The second-order valence-corrected chi connectivity index (χ2v) is 7.37. The fourth-order valence-electron chi connectivity index (χ4n) is 3.58. The Hall–Kier alpha value is -4.13. The third-order valence-corrected chi connectivity index (χ3v) is 5.09. The first-order valence-corrected chi connectivity index (χ1v) is 11.3. The van der Waals surface area contributed by atoms with E-state index in [1.165, 1.54) is 12.5 Å². The zero-order chi connectivity index (χ0) is 26.5. The van der Waals surface area contributed by atoms with Gasteiger partial charge in [0.1, 0.15) is 5.75 Å². The lowest BCUT2D eigenvalue weighted by atomic mass is 10.0. The molecule has 0 aliphatic rings. The molecule has 4 aromatic rings. The van der Waals surface area contributed by atoms with E-state index in [0.717, 1.165) is 22.0 Å². The van der Waals surface area contributed by atoms with E-state index in [9.17, 15) is 9.59 Å². The predicted octanol–water partition coefficient (Wildman–Crippen LogP) is 5.43. The smallest absolute Gasteiger partial charge is 0.341 e. The van der Waals surface area contributed by atoms with Crippen molar-refractivity contribution in [1.82, 2.24) is 4.57 Å². The van der Waals surface area contributed by atoms with Crippen molar-refractivity contribution >= 4 is 39.8 Å². The van der Waals surface area contributed by atoms with Crippen molar-refractivity contribution in [1.29, 1.82) is 0 Å². The van der Waals surface area contributed by atoms with Crippen LogP contribution in [0.5, 0.6) is 5.75 Å². The number of carbonyl (C=O) groups is 3. The van der Waals surface area contributed by atoms with Crippen LogP contribution in [-0.2, 0) is 16.6 Å². The second kappa shape index (κ2) is 14.2. The fraction of sp³-hybridized carbons (Fsp3) is 0.250. The Morgan fingerprint density at radius 2 is 1.57 bits per heavy atom. The van der Waals surface area contributed by atoms with Crippen molar-refractivity contribution in [3.8, 4) is 5.75 Å². The van der Waals surface area contributed by atoms with Gasteiger partial charge in [0.05, 0.1) is 10.9 Å². The van der Waals surface area contributed by atoms with Crippen LogP contribution in [0.2, 0.25) is 0 Å². The number of rotatable bonds is 4. The van der Waals surface area contributed by atoms with Gasteiger partial charge >= 0.3 is 5.97 Å². The first-order valence-electron chi connectivity index (χ1n) is 11.3. The Kier molecular flexibility index (Phi) is 11.7. The minimum absolute atomic E-state index is 0.0662. The molecule has 0 unspecified atom stereocenters. The van der Waals surface area contributed by atoms with E-state index in [1.54, 1.807) is 0 Å². The van der Waals surface area contributed by atoms with Crippen molar-refractivity contribution in [3.63, 3.8) is 0 Å². The number of aryl methyl sites for hydroxylation is 2. The lowest BCUT2D eigenvalue weighted by Crippen LogP contribution is -2.10. The van der Waals surface area contributed by atoms with Gasteiger partial charge in [-0.3, -0.25) is 9.59 Å². The fourth-order valence-corrected chi connectivity index (χ4v) is 3.58. The average Bonchev–Trinajstić information content (AvgIpc) is 3.09. The molecule has 1 heterocycles. The zero-order valence-electron chi connectivity index (χ0n) is 21.2. The maximum absolute atomic E-state index is 12.1. The number of carboxylic acids is 1. The highest BCUT2D eigenvalue weighted by Crippen LogP contribution is 2.39. The number of hydrogen-bond acceptors (Lipinski definition) is 4. The number of primary amides is 1. The molecule has 1 aromatic heterocycles. The molecule has 0 spiro atoms. The summed E-state index contributed by atoms with van der Waals surface area (Å²) >= 11 is 0. The maximum Gasteiger partial charge on any atom is 0.341 e. The molecule has 0 atom stereocenters. The Morgan fingerprint density at radius 1 is 1.03 bits per heavy atom. The van der Waals surface area contributed by atoms with Gasteiger partial charge in [-0.15, -0.1) is 0 Å². The standard InChI is InChI=1S/C18H17NO4.C7H8.C2H6.CH3NO/c1-10-16(11(2)20)17-14(19(10)3)8-12-6-4-5-7-13(12)18(17)23-9-15(21)22;1-7-5-3-2-4-6-7;1-2;2-1-3/h4-8H,9H2,1-3H3,(H,21,22);2-6H,1H3;1-2H3;1H,(H2,2,3). The lowest BCUT2D eigenvalue weighted by molar-refractivity contribution is -0.139. The third kappa shape index (κ3) is 7.43. The first-order chi connectivity index (χ1) is 16.7. The number of hydrogen-bond donors (Lipinski definition) is 2. The number of Topliss-reactive ketones (excluding diaryl/α,β-unsaturated/α-hetero) is 1. The van der Waals surface area contributed by atoms with Gasteiger partial charge in [0.25, 0.3) is 0 Å². The number of ketones is 1. The summed E-state index contributed by atoms with van der Waals surface area (Å²) in [5.74, 6) is -0.666. The topological polar surface area (TPSA) is 112 Å². The van der Waals surface area contributed by atoms with Crippen LogP contribution in [0.1, 0.15) is 42.4 Å². The number of carbonyl (C=O) groups excluding carboxylic acids is 2. The number of nitrogens with two attached hydrogens (primary N) is 1. The van der Waals surface area contributed by atoms with Crippen LogP contribution in [0.4, 0.5) is 0 Å². The van der Waals surface area contributed by atoms with Gasteiger partial charge in [0.15, 0.2) is 12.4 Å². The number of nitrogens with zero attached hydrogens (tertiary/aromatic N) is 1. The van der Waals surface area contributed by atoms with E-state index in [4.69, 9.17) is 14.6 Å². The Bertz CT molecular complexity index is 1280. The molecule has 35 heavy (non-hydrogen) atoms. The van der Waals surface area contributed by atoms with E-state index in [0.29, 0.717) is 16.7 Å². The van der Waals surface area contributed by atoms with E-state index in [1.807, 2.05) is 80.9 Å². The second-order valence-electron chi connectivity index (χ2n) is 7.37. The maximum atomic E-state index is 12.1. The van der Waals surface area contributed by atoms with Crippen molar-refractivity contribution < 1.29 is 24.2 Å². The summed E-state index contributed by atoms with van der Waals surface area (Å²) in [6.45, 7) is 9.02. The van der Waals surface area contributed by atoms with Gasteiger partial charge in [-0.05, 0) is 32.2 Å². The van der Waals surface area contributed by atoms with Gasteiger partial charge in [0.2, 0.25) is 6.41 Å². The Balaban J connectivity index is 0.000000425. The molecule has 4 rings (SSSR count). The van der Waals surface area contributed by atoms with Crippen molar-refractivity contribution in [3.05, 3.63) is 77.5 Å². The molecule has 1 amide bonds. The van der Waals surface area contributed by atoms with Crippen molar-refractivity contribution in [2.75, 3.05) is 6.61 Å². The molecule has 0 saturated heterocycles. The monoisotopic (exact) mass is 478 g/mol. The third-order valence-electron chi connectivity index (χ3n) is 5.09. The quantitative estimate of drug-likeness (QED) is 0.300. The van der Waals surface area contributed by atoms with Crippen LogP contribution < -0.4 is 10.5 Å². The summed E-state index contributed by atoms with van der Waals surface area (Å²) in [5.41, 5.74) is 7.76. The Labute approximate surface area is 206 Å².